The van der Waals surface area contributed by atoms with Gasteiger partial charge in [-0.25, -0.2) is 4.98 Å². The Morgan fingerprint density at radius 2 is 1.85 bits per heavy atom. The average Bonchev–Trinajstić information content (AvgIpc) is 3.20. The van der Waals surface area contributed by atoms with E-state index in [1.807, 2.05) is 49.2 Å². The second-order valence-corrected chi connectivity index (χ2v) is 7.40. The molecule has 1 atom stereocenters. The van der Waals surface area contributed by atoms with Crippen LogP contribution >= 0.6 is 0 Å². The van der Waals surface area contributed by atoms with Crippen LogP contribution in [0.15, 0.2) is 36.4 Å². The number of nitrogens with zero attached hydrogens (tertiary/aromatic N) is 2. The van der Waals surface area contributed by atoms with Crippen molar-refractivity contribution in [3.63, 3.8) is 0 Å². The minimum atomic E-state index is -0.293. The van der Waals surface area contributed by atoms with Crippen LogP contribution in [0.25, 0.3) is 0 Å². The van der Waals surface area contributed by atoms with Gasteiger partial charge in [0.25, 0.3) is 5.91 Å². The maximum absolute atomic E-state index is 12.5. The van der Waals surface area contributed by atoms with Gasteiger partial charge in [0, 0.05) is 24.3 Å². The van der Waals surface area contributed by atoms with Crippen LogP contribution in [0, 0.1) is 12.8 Å². The molecular formula is C21H24N4O2. The number of carbonyl (C=O) groups is 2. The minimum Gasteiger partial charge on any atom is -0.335 e. The van der Waals surface area contributed by atoms with Crippen LogP contribution in [0.5, 0.6) is 0 Å². The van der Waals surface area contributed by atoms with Crippen molar-refractivity contribution < 1.29 is 9.59 Å². The number of aryl methyl sites for hydroxylation is 1. The molecule has 6 nitrogen and oxygen atoms in total. The number of fused-ring (bicyclic) bond motifs is 1. The Balaban J connectivity index is 1.52. The van der Waals surface area contributed by atoms with Gasteiger partial charge in [-0.3, -0.25) is 9.59 Å². The molecule has 1 fully saturated rings. The van der Waals surface area contributed by atoms with E-state index in [0.717, 1.165) is 42.6 Å². The lowest BCUT2D eigenvalue weighted by molar-refractivity contribution is -0.119. The second-order valence-electron chi connectivity index (χ2n) is 7.40. The average molecular weight is 364 g/mol. The van der Waals surface area contributed by atoms with Crippen LogP contribution in [0.3, 0.4) is 0 Å². The van der Waals surface area contributed by atoms with Crippen molar-refractivity contribution in [2.24, 2.45) is 5.92 Å². The van der Waals surface area contributed by atoms with Gasteiger partial charge >= 0.3 is 0 Å². The van der Waals surface area contributed by atoms with Gasteiger partial charge in [-0.05, 0) is 49.6 Å². The molecule has 1 saturated carbocycles. The zero-order valence-corrected chi connectivity index (χ0v) is 15.7. The van der Waals surface area contributed by atoms with Gasteiger partial charge in [0.2, 0.25) is 5.91 Å². The molecule has 140 valence electrons. The molecule has 2 amide bonds. The molecule has 2 heterocycles. The molecule has 4 rings (SSSR count). The van der Waals surface area contributed by atoms with Gasteiger partial charge in [-0.2, -0.15) is 0 Å². The van der Waals surface area contributed by atoms with Crippen molar-refractivity contribution in [2.45, 2.75) is 38.8 Å². The van der Waals surface area contributed by atoms with E-state index in [9.17, 15) is 9.59 Å². The molecule has 2 aromatic rings. The van der Waals surface area contributed by atoms with Crippen LogP contribution in [0.2, 0.25) is 0 Å². The zero-order chi connectivity index (χ0) is 19.0. The Labute approximate surface area is 159 Å². The van der Waals surface area contributed by atoms with E-state index in [-0.39, 0.29) is 23.9 Å². The molecule has 6 heteroatoms. The highest BCUT2D eigenvalue weighted by atomic mass is 16.2. The normalized spacial score (nSPS) is 19.6. The van der Waals surface area contributed by atoms with Crippen molar-refractivity contribution >= 4 is 23.3 Å². The first-order valence-electron chi connectivity index (χ1n) is 9.45. The summed E-state index contributed by atoms with van der Waals surface area (Å²) in [4.78, 5) is 31.2. The van der Waals surface area contributed by atoms with E-state index in [4.69, 9.17) is 0 Å². The summed E-state index contributed by atoms with van der Waals surface area (Å²) >= 11 is 0. The number of hydrogen-bond donors (Lipinski definition) is 2. The number of anilines is 2. The highest BCUT2D eigenvalue weighted by Crippen LogP contribution is 2.31. The van der Waals surface area contributed by atoms with E-state index in [1.54, 1.807) is 6.07 Å². The van der Waals surface area contributed by atoms with E-state index in [0.29, 0.717) is 11.4 Å². The predicted molar refractivity (Wildman–Crippen MR) is 105 cm³/mol. The lowest BCUT2D eigenvalue weighted by Crippen LogP contribution is -2.45. The smallest absolute Gasteiger partial charge is 0.256 e. The molecule has 1 aliphatic heterocycles. The molecule has 0 unspecified atom stereocenters. The fourth-order valence-electron chi connectivity index (χ4n) is 3.90. The SMILES string of the molecule is Cc1ccc2c(n1)N(C)[C@H](c1ccc(NC(=O)C3CCCC3)cc1)NC2=O. The summed E-state index contributed by atoms with van der Waals surface area (Å²) in [5.41, 5.74) is 3.19. The zero-order valence-electron chi connectivity index (χ0n) is 15.7. The number of benzene rings is 1. The first kappa shape index (κ1) is 17.5. The molecule has 27 heavy (non-hydrogen) atoms. The molecule has 1 aromatic heterocycles. The summed E-state index contributed by atoms with van der Waals surface area (Å²) in [5, 5.41) is 6.03. The third-order valence-electron chi connectivity index (χ3n) is 5.47. The molecular weight excluding hydrogens is 340 g/mol. The van der Waals surface area contributed by atoms with Crippen LogP contribution < -0.4 is 15.5 Å². The van der Waals surface area contributed by atoms with Crippen LogP contribution in [0.1, 0.15) is 53.5 Å². The molecule has 1 aromatic carbocycles. The topological polar surface area (TPSA) is 74.3 Å². The third-order valence-corrected chi connectivity index (χ3v) is 5.47. The fourth-order valence-corrected chi connectivity index (χ4v) is 3.90. The van der Waals surface area contributed by atoms with Crippen molar-refractivity contribution in [1.82, 2.24) is 10.3 Å². The number of pyridine rings is 1. The Morgan fingerprint density at radius 3 is 2.56 bits per heavy atom. The number of carbonyl (C=O) groups excluding carboxylic acids is 2. The summed E-state index contributed by atoms with van der Waals surface area (Å²) in [5.74, 6) is 0.803. The summed E-state index contributed by atoms with van der Waals surface area (Å²) in [6, 6.07) is 11.3. The lowest BCUT2D eigenvalue weighted by atomic mass is 10.1. The molecule has 0 radical (unpaired) electrons. The Hall–Kier alpha value is -2.89. The predicted octanol–water partition coefficient (Wildman–Crippen LogP) is 3.40. The Morgan fingerprint density at radius 1 is 1.15 bits per heavy atom. The second kappa shape index (κ2) is 7.02. The maximum Gasteiger partial charge on any atom is 0.256 e. The van der Waals surface area contributed by atoms with Gasteiger partial charge in [0.05, 0.1) is 5.56 Å². The van der Waals surface area contributed by atoms with Crippen molar-refractivity contribution in [2.75, 3.05) is 17.3 Å². The van der Waals surface area contributed by atoms with Crippen LogP contribution in [0.4, 0.5) is 11.5 Å². The van der Waals surface area contributed by atoms with Crippen molar-refractivity contribution in [3.8, 4) is 0 Å². The molecule has 0 saturated heterocycles. The van der Waals surface area contributed by atoms with Crippen LogP contribution in [-0.4, -0.2) is 23.8 Å². The van der Waals surface area contributed by atoms with Crippen molar-refractivity contribution in [1.29, 1.82) is 0 Å². The number of rotatable bonds is 3. The van der Waals surface area contributed by atoms with E-state index in [1.165, 1.54) is 0 Å². The summed E-state index contributed by atoms with van der Waals surface area (Å²) in [7, 11) is 1.92. The largest absolute Gasteiger partial charge is 0.335 e. The minimum absolute atomic E-state index is 0.108. The first-order chi connectivity index (χ1) is 13.0. The van der Waals surface area contributed by atoms with Crippen molar-refractivity contribution in [3.05, 3.63) is 53.2 Å². The van der Waals surface area contributed by atoms with E-state index in [2.05, 4.69) is 15.6 Å². The standard InChI is InChI=1S/C21H24N4O2/c1-13-7-12-17-19(22-13)25(2)18(24-21(17)27)14-8-10-16(11-9-14)23-20(26)15-5-3-4-6-15/h7-12,15,18H,3-6H2,1-2H3,(H,23,26)(H,24,27)/t18-/m1/s1. The van der Waals surface area contributed by atoms with Gasteiger partial charge in [-0.1, -0.05) is 25.0 Å². The summed E-state index contributed by atoms with van der Waals surface area (Å²) in [6.07, 6.45) is 3.95. The Bertz CT molecular complexity index is 872. The highest BCUT2D eigenvalue weighted by Gasteiger charge is 2.30. The van der Waals surface area contributed by atoms with Gasteiger partial charge in [0.15, 0.2) is 0 Å². The molecule has 0 spiro atoms. The molecule has 0 bridgehead atoms. The fraction of sp³-hybridized carbons (Fsp3) is 0.381. The number of nitrogens with one attached hydrogen (secondary N) is 2. The van der Waals surface area contributed by atoms with Crippen LogP contribution in [-0.2, 0) is 4.79 Å². The number of aromatic nitrogens is 1. The van der Waals surface area contributed by atoms with Gasteiger partial charge < -0.3 is 15.5 Å². The summed E-state index contributed by atoms with van der Waals surface area (Å²) in [6.45, 7) is 1.91. The van der Waals surface area contributed by atoms with E-state index >= 15 is 0 Å². The first-order valence-corrected chi connectivity index (χ1v) is 9.45. The quantitative estimate of drug-likeness (QED) is 0.875. The van der Waals surface area contributed by atoms with Gasteiger partial charge in [0.1, 0.15) is 12.0 Å². The molecule has 1 aliphatic carbocycles. The monoisotopic (exact) mass is 364 g/mol. The Kier molecular flexibility index (Phi) is 4.56. The number of amides is 2. The molecule has 2 N–H and O–H groups in total. The number of hydrogen-bond acceptors (Lipinski definition) is 4. The van der Waals surface area contributed by atoms with E-state index < -0.39 is 0 Å². The lowest BCUT2D eigenvalue weighted by Gasteiger charge is -2.35. The highest BCUT2D eigenvalue weighted by molar-refractivity contribution is 6.01. The maximum atomic E-state index is 12.5. The van der Waals surface area contributed by atoms with Gasteiger partial charge in [-0.15, -0.1) is 0 Å². The molecule has 2 aliphatic rings. The third kappa shape index (κ3) is 3.39. The summed E-state index contributed by atoms with van der Waals surface area (Å²) < 4.78 is 0.